The summed E-state index contributed by atoms with van der Waals surface area (Å²) in [6.45, 7) is 7.28. The Morgan fingerprint density at radius 3 is 1.95 bits per heavy atom. The van der Waals surface area contributed by atoms with Gasteiger partial charge in [-0.1, -0.05) is 12.1 Å². The van der Waals surface area contributed by atoms with Crippen molar-refractivity contribution in [3.8, 4) is 11.5 Å². The van der Waals surface area contributed by atoms with Gasteiger partial charge in [0.15, 0.2) is 0 Å². The zero-order chi connectivity index (χ0) is 27.6. The summed E-state index contributed by atoms with van der Waals surface area (Å²) < 4.78 is 10.9. The lowest BCUT2D eigenvalue weighted by Gasteiger charge is -2.25. The van der Waals surface area contributed by atoms with Crippen molar-refractivity contribution in [1.82, 2.24) is 0 Å². The molecule has 8 nitrogen and oxygen atoms in total. The molecule has 3 aromatic rings. The second-order valence-electron chi connectivity index (χ2n) is 9.45. The van der Waals surface area contributed by atoms with Crippen molar-refractivity contribution < 1.29 is 34.1 Å². The summed E-state index contributed by atoms with van der Waals surface area (Å²) in [6.07, 6.45) is -0.326. The SMILES string of the molecule is CC(C)OC(=O)c1ccc(N2C(=O)C(=O)/C(=C(/O)c3ccc(OC(C)C)cc3)C2c2ccc(O)cc2)cc1. The molecule has 38 heavy (non-hydrogen) atoms. The molecule has 1 aliphatic heterocycles. The molecular weight excluding hydrogens is 486 g/mol. The summed E-state index contributed by atoms with van der Waals surface area (Å²) in [5, 5.41) is 21.1. The molecule has 1 amide bonds. The molecule has 0 saturated carbocycles. The van der Waals surface area contributed by atoms with Gasteiger partial charge >= 0.3 is 5.97 Å². The highest BCUT2D eigenvalue weighted by atomic mass is 16.5. The summed E-state index contributed by atoms with van der Waals surface area (Å²) in [6, 6.07) is 17.8. The maximum Gasteiger partial charge on any atom is 0.338 e. The third-order valence-corrected chi connectivity index (χ3v) is 5.88. The molecule has 8 heteroatoms. The highest BCUT2D eigenvalue weighted by Crippen LogP contribution is 2.42. The second kappa shape index (κ2) is 10.8. The number of aromatic hydroxyl groups is 1. The Hall–Kier alpha value is -4.59. The summed E-state index contributed by atoms with van der Waals surface area (Å²) in [5.41, 5.74) is 1.40. The number of aliphatic hydroxyl groups is 1. The van der Waals surface area contributed by atoms with E-state index in [2.05, 4.69) is 0 Å². The minimum absolute atomic E-state index is 0.0134. The fraction of sp³-hybridized carbons (Fsp3) is 0.233. The van der Waals surface area contributed by atoms with Gasteiger partial charge in [-0.3, -0.25) is 14.5 Å². The number of ketones is 1. The number of Topliss-reactive ketones (excluding diaryl/α,β-unsaturated/α-hetero) is 1. The van der Waals surface area contributed by atoms with Gasteiger partial charge in [0, 0.05) is 11.3 Å². The molecular formula is C30H29NO7. The van der Waals surface area contributed by atoms with E-state index in [-0.39, 0.29) is 29.3 Å². The number of esters is 1. The van der Waals surface area contributed by atoms with Gasteiger partial charge in [-0.05, 0) is 93.9 Å². The fourth-order valence-electron chi connectivity index (χ4n) is 4.23. The van der Waals surface area contributed by atoms with Crippen LogP contribution in [0, 0.1) is 0 Å². The quantitative estimate of drug-likeness (QED) is 0.188. The Bertz CT molecular complexity index is 1370. The number of phenolic OH excluding ortho intramolecular Hbond substituents is 1. The van der Waals surface area contributed by atoms with Crippen LogP contribution >= 0.6 is 0 Å². The van der Waals surface area contributed by atoms with E-state index in [1.165, 1.54) is 29.2 Å². The summed E-state index contributed by atoms with van der Waals surface area (Å²) in [5.74, 6) is -1.92. The van der Waals surface area contributed by atoms with Crippen molar-refractivity contribution in [2.24, 2.45) is 0 Å². The molecule has 0 aromatic heterocycles. The lowest BCUT2D eigenvalue weighted by molar-refractivity contribution is -0.132. The van der Waals surface area contributed by atoms with Crippen LogP contribution in [0.5, 0.6) is 11.5 Å². The lowest BCUT2D eigenvalue weighted by atomic mass is 9.95. The Kier molecular flexibility index (Phi) is 7.52. The first-order valence-corrected chi connectivity index (χ1v) is 12.2. The zero-order valence-electron chi connectivity index (χ0n) is 21.5. The van der Waals surface area contributed by atoms with Crippen molar-refractivity contribution in [2.75, 3.05) is 4.90 Å². The van der Waals surface area contributed by atoms with E-state index in [0.717, 1.165) is 0 Å². The molecule has 4 rings (SSSR count). The first kappa shape index (κ1) is 26.5. The lowest BCUT2D eigenvalue weighted by Crippen LogP contribution is -2.29. The number of hydrogen-bond donors (Lipinski definition) is 2. The maximum atomic E-state index is 13.3. The molecule has 196 valence electrons. The summed E-state index contributed by atoms with van der Waals surface area (Å²) in [4.78, 5) is 40.2. The van der Waals surface area contributed by atoms with Crippen molar-refractivity contribution in [3.05, 3.63) is 95.1 Å². The number of anilines is 1. The van der Waals surface area contributed by atoms with Crippen molar-refractivity contribution in [3.63, 3.8) is 0 Å². The number of aliphatic hydroxyl groups excluding tert-OH is 1. The van der Waals surface area contributed by atoms with Crippen LogP contribution in [-0.2, 0) is 14.3 Å². The standard InChI is InChI=1S/C30H29NO7/c1-17(2)37-24-15-9-20(10-16-24)27(33)25-26(19-7-13-23(32)14-8-19)31(29(35)28(25)34)22-11-5-21(6-12-22)30(36)38-18(3)4/h5-18,26,32-33H,1-4H3/b27-25+. The van der Waals surface area contributed by atoms with Crippen molar-refractivity contribution in [2.45, 2.75) is 45.9 Å². The smallest absolute Gasteiger partial charge is 0.338 e. The number of carbonyl (C=O) groups excluding carboxylic acids is 3. The number of hydrogen-bond acceptors (Lipinski definition) is 7. The van der Waals surface area contributed by atoms with Crippen LogP contribution in [0.3, 0.4) is 0 Å². The van der Waals surface area contributed by atoms with E-state index >= 15 is 0 Å². The highest BCUT2D eigenvalue weighted by molar-refractivity contribution is 6.51. The summed E-state index contributed by atoms with van der Waals surface area (Å²) >= 11 is 0. The Balaban J connectivity index is 1.79. The van der Waals surface area contributed by atoms with E-state index in [1.54, 1.807) is 62.4 Å². The molecule has 0 aliphatic carbocycles. The number of carbonyl (C=O) groups is 3. The highest BCUT2D eigenvalue weighted by Gasteiger charge is 2.47. The Labute approximate surface area is 220 Å². The average Bonchev–Trinajstić information content (AvgIpc) is 3.14. The van der Waals surface area contributed by atoms with E-state index in [0.29, 0.717) is 28.1 Å². The van der Waals surface area contributed by atoms with Crippen molar-refractivity contribution in [1.29, 1.82) is 0 Å². The number of phenols is 1. The normalized spacial score (nSPS) is 16.8. The number of nitrogens with zero attached hydrogens (tertiary/aromatic N) is 1. The molecule has 1 unspecified atom stereocenters. The van der Waals surface area contributed by atoms with Gasteiger partial charge in [-0.2, -0.15) is 0 Å². The van der Waals surface area contributed by atoms with E-state index < -0.39 is 23.7 Å². The minimum Gasteiger partial charge on any atom is -0.508 e. The van der Waals surface area contributed by atoms with E-state index in [9.17, 15) is 24.6 Å². The van der Waals surface area contributed by atoms with Crippen LogP contribution in [0.2, 0.25) is 0 Å². The molecule has 1 heterocycles. The van der Waals surface area contributed by atoms with Gasteiger partial charge in [-0.15, -0.1) is 0 Å². The molecule has 0 spiro atoms. The number of benzene rings is 3. The molecule has 0 bridgehead atoms. The number of rotatable bonds is 7. The topological polar surface area (TPSA) is 113 Å². The molecule has 0 radical (unpaired) electrons. The van der Waals surface area contributed by atoms with Gasteiger partial charge in [0.25, 0.3) is 11.7 Å². The summed E-state index contributed by atoms with van der Waals surface area (Å²) in [7, 11) is 0. The molecule has 1 saturated heterocycles. The minimum atomic E-state index is -0.976. The van der Waals surface area contributed by atoms with Crippen LogP contribution in [0.25, 0.3) is 5.76 Å². The van der Waals surface area contributed by atoms with Gasteiger partial charge in [0.2, 0.25) is 0 Å². The Morgan fingerprint density at radius 1 is 0.816 bits per heavy atom. The number of ether oxygens (including phenoxy) is 2. The monoisotopic (exact) mass is 515 g/mol. The van der Waals surface area contributed by atoms with Gasteiger partial charge in [0.05, 0.1) is 29.4 Å². The molecule has 2 N–H and O–H groups in total. The largest absolute Gasteiger partial charge is 0.508 e. The third-order valence-electron chi connectivity index (χ3n) is 5.88. The maximum absolute atomic E-state index is 13.3. The first-order valence-electron chi connectivity index (χ1n) is 12.2. The van der Waals surface area contributed by atoms with E-state index in [4.69, 9.17) is 9.47 Å². The fourth-order valence-corrected chi connectivity index (χ4v) is 4.23. The van der Waals surface area contributed by atoms with Gasteiger partial charge < -0.3 is 19.7 Å². The molecule has 1 atom stereocenters. The van der Waals surface area contributed by atoms with Crippen LogP contribution in [-0.4, -0.2) is 40.1 Å². The van der Waals surface area contributed by atoms with Crippen LogP contribution in [0.1, 0.15) is 55.2 Å². The molecule has 3 aromatic carbocycles. The molecule has 1 fully saturated rings. The Morgan fingerprint density at radius 2 is 1.39 bits per heavy atom. The predicted molar refractivity (Wildman–Crippen MR) is 142 cm³/mol. The first-order chi connectivity index (χ1) is 18.1. The van der Waals surface area contributed by atoms with Gasteiger partial charge in [-0.25, -0.2) is 4.79 Å². The predicted octanol–water partition coefficient (Wildman–Crippen LogP) is 5.37. The van der Waals surface area contributed by atoms with E-state index in [1.807, 2.05) is 13.8 Å². The zero-order valence-corrected chi connectivity index (χ0v) is 21.5. The second-order valence-corrected chi connectivity index (χ2v) is 9.45. The number of amides is 1. The van der Waals surface area contributed by atoms with Crippen LogP contribution in [0.15, 0.2) is 78.4 Å². The molecule has 1 aliphatic rings. The third kappa shape index (κ3) is 5.39. The van der Waals surface area contributed by atoms with Crippen LogP contribution < -0.4 is 9.64 Å². The van der Waals surface area contributed by atoms with Crippen LogP contribution in [0.4, 0.5) is 5.69 Å². The van der Waals surface area contributed by atoms with Gasteiger partial charge in [0.1, 0.15) is 17.3 Å². The average molecular weight is 516 g/mol. The van der Waals surface area contributed by atoms with Crippen molar-refractivity contribution >= 4 is 29.1 Å².